The number of carbonyl (C=O) groups is 2. The predicted octanol–water partition coefficient (Wildman–Crippen LogP) is 5.10. The molecular weight excluding hydrogens is 681 g/mol. The van der Waals surface area contributed by atoms with Gasteiger partial charge in [-0.25, -0.2) is 19.0 Å². The molecule has 0 aliphatic heterocycles. The summed E-state index contributed by atoms with van der Waals surface area (Å²) >= 11 is 2.50. The Balaban J connectivity index is 0.967. The second-order valence-electron chi connectivity index (χ2n) is 12.9. The normalized spacial score (nSPS) is 12.1. The Bertz CT molecular complexity index is 2250. The molecule has 4 heterocycles. The summed E-state index contributed by atoms with van der Waals surface area (Å²) in [5, 5.41) is 16.0. The molecule has 0 radical (unpaired) electrons. The first-order valence-corrected chi connectivity index (χ1v) is 18.8. The van der Waals surface area contributed by atoms with Gasteiger partial charge in [0.15, 0.2) is 0 Å². The van der Waals surface area contributed by atoms with E-state index in [4.69, 9.17) is 0 Å². The highest BCUT2D eigenvalue weighted by molar-refractivity contribution is 8.00. The highest BCUT2D eigenvalue weighted by Gasteiger charge is 2.18. The Morgan fingerprint density at radius 2 is 1.16 bits per heavy atom. The molecule has 0 fully saturated rings. The molecule has 12 nitrogen and oxygen atoms in total. The molecule has 0 aliphatic carbocycles. The Morgan fingerprint density at radius 1 is 0.686 bits per heavy atom. The van der Waals surface area contributed by atoms with Crippen molar-refractivity contribution >= 4 is 46.9 Å². The van der Waals surface area contributed by atoms with E-state index in [2.05, 4.69) is 103 Å². The Morgan fingerprint density at radius 3 is 1.63 bits per heavy atom. The lowest BCUT2D eigenvalue weighted by molar-refractivity contribution is -0.121. The van der Waals surface area contributed by atoms with Crippen LogP contribution in [0.25, 0.3) is 11.6 Å². The molecule has 2 amide bonds. The van der Waals surface area contributed by atoms with Gasteiger partial charge in [-0.2, -0.15) is 9.97 Å². The Labute approximate surface area is 305 Å². The standard InChI is InChI=1S/C37H42N10O2S2/c1-21-10-8-12-28(14-21)16-30-24(4)40-34-42-36(44-46(34)26(30)6)50-19-32(48)38-18-23(3)39-33(49)20-51-37-43-35-41-25(5)31(27(7)47(35)45-37)17-29-13-9-11-22(2)15-29/h8-15,23H,16-20H2,1-7H3,(H,38,48)(H,39,49). The van der Waals surface area contributed by atoms with E-state index in [0.717, 1.165) is 46.7 Å². The van der Waals surface area contributed by atoms with E-state index in [1.165, 1.54) is 45.8 Å². The molecule has 264 valence electrons. The Hall–Kier alpha value is -4.82. The molecule has 1 unspecified atom stereocenters. The van der Waals surface area contributed by atoms with Gasteiger partial charge in [-0.05, 0) is 70.7 Å². The third kappa shape index (κ3) is 8.74. The van der Waals surface area contributed by atoms with Gasteiger partial charge in [0.25, 0.3) is 11.6 Å². The summed E-state index contributed by atoms with van der Waals surface area (Å²) in [6.45, 7) is 14.3. The van der Waals surface area contributed by atoms with Gasteiger partial charge in [-0.15, -0.1) is 10.2 Å². The molecule has 6 aromatic rings. The van der Waals surface area contributed by atoms with Crippen LogP contribution < -0.4 is 10.6 Å². The van der Waals surface area contributed by atoms with E-state index in [1.54, 1.807) is 9.03 Å². The number of aryl methyl sites for hydroxylation is 6. The van der Waals surface area contributed by atoms with Gasteiger partial charge < -0.3 is 10.6 Å². The van der Waals surface area contributed by atoms with Gasteiger partial charge in [0.2, 0.25) is 22.1 Å². The van der Waals surface area contributed by atoms with E-state index in [-0.39, 0.29) is 35.9 Å². The van der Waals surface area contributed by atoms with E-state index in [1.807, 2.05) is 34.6 Å². The van der Waals surface area contributed by atoms with Crippen LogP contribution in [0, 0.1) is 41.5 Å². The quantitative estimate of drug-likeness (QED) is 0.155. The molecule has 2 N–H and O–H groups in total. The molecule has 0 saturated heterocycles. The van der Waals surface area contributed by atoms with Crippen LogP contribution in [-0.2, 0) is 22.4 Å². The number of amides is 2. The highest BCUT2D eigenvalue weighted by Crippen LogP contribution is 2.23. The van der Waals surface area contributed by atoms with Gasteiger partial charge in [0, 0.05) is 48.2 Å². The molecule has 4 aromatic heterocycles. The molecule has 14 heteroatoms. The lowest BCUT2D eigenvalue weighted by Crippen LogP contribution is -2.42. The van der Waals surface area contributed by atoms with Crippen LogP contribution in [-0.4, -0.2) is 75.1 Å². The summed E-state index contributed by atoms with van der Waals surface area (Å²) in [7, 11) is 0. The van der Waals surface area contributed by atoms with Crippen molar-refractivity contribution in [1.29, 1.82) is 0 Å². The summed E-state index contributed by atoms with van der Waals surface area (Å²) in [5.41, 5.74) is 10.9. The number of hydrogen-bond acceptors (Lipinski definition) is 10. The van der Waals surface area contributed by atoms with Crippen molar-refractivity contribution in [1.82, 2.24) is 49.8 Å². The van der Waals surface area contributed by atoms with Crippen LogP contribution in [0.3, 0.4) is 0 Å². The number of thioether (sulfide) groups is 2. The number of nitrogens with one attached hydrogen (secondary N) is 2. The smallest absolute Gasteiger partial charge is 0.253 e. The SMILES string of the molecule is Cc1cccc(Cc2c(C)nc3nc(SCC(=O)NCC(C)NC(=O)CSc4nc5nc(C)c(Cc6cccc(C)c6)c(C)n5n4)nn3c2C)c1. The molecule has 0 saturated carbocycles. The first kappa shape index (κ1) is 36.0. The fourth-order valence-corrected chi connectivity index (χ4v) is 7.29. The number of rotatable bonds is 13. The molecule has 51 heavy (non-hydrogen) atoms. The maximum Gasteiger partial charge on any atom is 0.253 e. The molecule has 2 aromatic carbocycles. The van der Waals surface area contributed by atoms with Crippen LogP contribution in [0.2, 0.25) is 0 Å². The Kier molecular flexibility index (Phi) is 11.0. The average Bonchev–Trinajstić information content (AvgIpc) is 3.70. The fraction of sp³-hybridized carbons (Fsp3) is 0.351. The minimum Gasteiger partial charge on any atom is -0.353 e. The van der Waals surface area contributed by atoms with Gasteiger partial charge >= 0.3 is 0 Å². The first-order valence-electron chi connectivity index (χ1n) is 16.8. The predicted molar refractivity (Wildman–Crippen MR) is 201 cm³/mol. The summed E-state index contributed by atoms with van der Waals surface area (Å²) in [4.78, 5) is 43.9. The van der Waals surface area contributed by atoms with Crippen molar-refractivity contribution in [3.05, 3.63) is 105 Å². The van der Waals surface area contributed by atoms with Crippen molar-refractivity contribution in [2.45, 2.75) is 77.7 Å². The summed E-state index contributed by atoms with van der Waals surface area (Å²) < 4.78 is 3.50. The zero-order valence-corrected chi connectivity index (χ0v) is 31.6. The van der Waals surface area contributed by atoms with E-state index >= 15 is 0 Å². The summed E-state index contributed by atoms with van der Waals surface area (Å²) in [6.07, 6.45) is 1.51. The van der Waals surface area contributed by atoms with Crippen LogP contribution in [0.5, 0.6) is 0 Å². The van der Waals surface area contributed by atoms with Gasteiger partial charge in [0.1, 0.15) is 0 Å². The van der Waals surface area contributed by atoms with Crippen LogP contribution >= 0.6 is 23.5 Å². The van der Waals surface area contributed by atoms with Crippen LogP contribution in [0.4, 0.5) is 0 Å². The van der Waals surface area contributed by atoms with Crippen molar-refractivity contribution in [3.63, 3.8) is 0 Å². The molecule has 1 atom stereocenters. The zero-order chi connectivity index (χ0) is 36.2. The van der Waals surface area contributed by atoms with Crippen LogP contribution in [0.15, 0.2) is 58.8 Å². The third-order valence-corrected chi connectivity index (χ3v) is 10.3. The minimum absolute atomic E-state index is 0.137. The average molecular weight is 723 g/mol. The van der Waals surface area contributed by atoms with Gasteiger partial charge in [-0.3, -0.25) is 9.59 Å². The minimum atomic E-state index is -0.271. The zero-order valence-electron chi connectivity index (χ0n) is 29.9. The number of fused-ring (bicyclic) bond motifs is 2. The lowest BCUT2D eigenvalue weighted by Gasteiger charge is -2.14. The molecular formula is C37H42N10O2S2. The van der Waals surface area contributed by atoms with Crippen molar-refractivity contribution in [2.24, 2.45) is 0 Å². The maximum absolute atomic E-state index is 12.7. The molecule has 0 aliphatic rings. The van der Waals surface area contributed by atoms with E-state index in [9.17, 15) is 9.59 Å². The second-order valence-corrected chi connectivity index (χ2v) is 14.8. The topological polar surface area (TPSA) is 144 Å². The number of nitrogens with zero attached hydrogens (tertiary/aromatic N) is 8. The number of benzene rings is 2. The fourth-order valence-electron chi connectivity index (χ4n) is 6.01. The second kappa shape index (κ2) is 15.6. The molecule has 0 spiro atoms. The largest absolute Gasteiger partial charge is 0.353 e. The maximum atomic E-state index is 12.7. The van der Waals surface area contributed by atoms with Crippen molar-refractivity contribution in [2.75, 3.05) is 18.1 Å². The van der Waals surface area contributed by atoms with E-state index < -0.39 is 0 Å². The molecule has 6 rings (SSSR count). The monoisotopic (exact) mass is 722 g/mol. The van der Waals surface area contributed by atoms with Crippen molar-refractivity contribution in [3.8, 4) is 0 Å². The number of hydrogen-bond donors (Lipinski definition) is 2. The number of carbonyl (C=O) groups excluding carboxylic acids is 2. The summed E-state index contributed by atoms with van der Waals surface area (Å²) in [6, 6.07) is 16.6. The van der Waals surface area contributed by atoms with Gasteiger partial charge in [0.05, 0.1) is 11.5 Å². The van der Waals surface area contributed by atoms with Crippen molar-refractivity contribution < 1.29 is 9.59 Å². The van der Waals surface area contributed by atoms with E-state index in [0.29, 0.717) is 21.9 Å². The summed E-state index contributed by atoms with van der Waals surface area (Å²) in [5.74, 6) is 0.949. The first-order chi connectivity index (χ1) is 24.4. The molecule has 0 bridgehead atoms. The van der Waals surface area contributed by atoms with Gasteiger partial charge in [-0.1, -0.05) is 83.2 Å². The highest BCUT2D eigenvalue weighted by atomic mass is 32.2. The third-order valence-electron chi connectivity index (χ3n) is 8.66. The van der Waals surface area contributed by atoms with Crippen LogP contribution in [0.1, 0.15) is 63.1 Å². The lowest BCUT2D eigenvalue weighted by atomic mass is 10.0. The number of aromatic nitrogens is 8.